The second-order valence-electron chi connectivity index (χ2n) is 12.5. The summed E-state index contributed by atoms with van der Waals surface area (Å²) >= 11 is 1.41. The number of thiazole rings is 1. The number of hydrogen-bond donors (Lipinski definition) is 1. The van der Waals surface area contributed by atoms with E-state index in [1.807, 2.05) is 65.8 Å². The second kappa shape index (κ2) is 11.8. The Bertz CT molecular complexity index is 2000. The van der Waals surface area contributed by atoms with Crippen LogP contribution >= 0.6 is 11.3 Å². The van der Waals surface area contributed by atoms with Crippen LogP contribution in [0.1, 0.15) is 79.2 Å². The van der Waals surface area contributed by atoms with E-state index < -0.39 is 22.8 Å². The van der Waals surface area contributed by atoms with Crippen LogP contribution in [0.4, 0.5) is 17.3 Å². The quantitative estimate of drug-likeness (QED) is 0.156. The smallest absolute Gasteiger partial charge is 0.337 e. The summed E-state index contributed by atoms with van der Waals surface area (Å²) in [4.78, 5) is 29.7. The number of rotatable bonds is 6. The monoisotopic (exact) mass is 639 g/mol. The third-order valence-electron chi connectivity index (χ3n) is 7.00. The molecule has 0 saturated heterocycles. The standard InChI is InChI=1S/C32H33N9O4S/c1-31(2,3)24-20(16-33)27(41(38-24)30-35-21-11-9-10-12-22(21)46-30)37-36-23-25(32(4,5)6)39-40(26(23)34)19-14-17(28(42)44-7)13-18(15-19)29(43)45-8/h9-15H,34H2,1-8H3. The summed E-state index contributed by atoms with van der Waals surface area (Å²) in [7, 11) is 2.48. The molecule has 0 bridgehead atoms. The van der Waals surface area contributed by atoms with Crippen LogP contribution in [0.25, 0.3) is 21.0 Å². The first kappa shape index (κ1) is 32.0. The molecule has 0 radical (unpaired) electrons. The lowest BCUT2D eigenvalue weighted by Gasteiger charge is -2.15. The van der Waals surface area contributed by atoms with E-state index in [1.54, 1.807) is 0 Å². The molecule has 3 heterocycles. The van der Waals surface area contributed by atoms with Gasteiger partial charge in [0, 0.05) is 10.8 Å². The summed E-state index contributed by atoms with van der Waals surface area (Å²) in [6.45, 7) is 11.7. The molecule has 0 spiro atoms. The van der Waals surface area contributed by atoms with Crippen LogP contribution in [0.5, 0.6) is 0 Å². The lowest BCUT2D eigenvalue weighted by atomic mass is 9.90. The zero-order valence-electron chi connectivity index (χ0n) is 26.7. The minimum atomic E-state index is -0.657. The Morgan fingerprint density at radius 1 is 0.891 bits per heavy atom. The third kappa shape index (κ3) is 5.84. The lowest BCUT2D eigenvalue weighted by molar-refractivity contribution is 0.0599. The Hall–Kier alpha value is -5.42. The first-order valence-electron chi connectivity index (χ1n) is 14.2. The van der Waals surface area contributed by atoms with Gasteiger partial charge in [-0.1, -0.05) is 65.0 Å². The van der Waals surface area contributed by atoms with Crippen molar-refractivity contribution in [2.24, 2.45) is 10.2 Å². The van der Waals surface area contributed by atoms with Crippen LogP contribution in [0, 0.1) is 11.3 Å². The highest BCUT2D eigenvalue weighted by Crippen LogP contribution is 2.40. The van der Waals surface area contributed by atoms with Gasteiger partial charge in [-0.3, -0.25) is 0 Å². The molecule has 0 amide bonds. The largest absolute Gasteiger partial charge is 0.465 e. The van der Waals surface area contributed by atoms with Crippen LogP contribution < -0.4 is 5.73 Å². The molecule has 5 rings (SSSR count). The van der Waals surface area contributed by atoms with Gasteiger partial charge in [0.25, 0.3) is 0 Å². The van der Waals surface area contributed by atoms with Crippen molar-refractivity contribution < 1.29 is 19.1 Å². The van der Waals surface area contributed by atoms with Gasteiger partial charge in [0.1, 0.15) is 11.6 Å². The molecule has 46 heavy (non-hydrogen) atoms. The molecule has 5 aromatic rings. The van der Waals surface area contributed by atoms with Crippen molar-refractivity contribution in [1.82, 2.24) is 24.5 Å². The fourth-order valence-corrected chi connectivity index (χ4v) is 5.66. The molecule has 0 unspecified atom stereocenters. The molecule has 0 aliphatic carbocycles. The predicted octanol–water partition coefficient (Wildman–Crippen LogP) is 6.71. The van der Waals surface area contributed by atoms with Gasteiger partial charge >= 0.3 is 11.9 Å². The number of esters is 2. The maximum Gasteiger partial charge on any atom is 0.337 e. The molecule has 0 fully saturated rings. The van der Waals surface area contributed by atoms with E-state index in [4.69, 9.17) is 30.4 Å². The Kier molecular flexibility index (Phi) is 8.22. The molecule has 0 aliphatic heterocycles. The Balaban J connectivity index is 1.73. The zero-order valence-corrected chi connectivity index (χ0v) is 27.6. The van der Waals surface area contributed by atoms with Gasteiger partial charge < -0.3 is 15.2 Å². The molecule has 0 aliphatic rings. The fourth-order valence-electron chi connectivity index (χ4n) is 4.74. The van der Waals surface area contributed by atoms with E-state index in [2.05, 4.69) is 16.3 Å². The van der Waals surface area contributed by atoms with E-state index in [0.717, 1.165) is 10.2 Å². The molecule has 2 aromatic carbocycles. The number of carbonyl (C=O) groups excluding carboxylic acids is 2. The van der Waals surface area contributed by atoms with E-state index in [-0.39, 0.29) is 34.0 Å². The highest BCUT2D eigenvalue weighted by Gasteiger charge is 2.31. The zero-order chi connectivity index (χ0) is 33.6. The second-order valence-corrected chi connectivity index (χ2v) is 13.5. The Morgan fingerprint density at radius 2 is 1.48 bits per heavy atom. The molecule has 236 valence electrons. The Morgan fingerprint density at radius 3 is 2.02 bits per heavy atom. The molecular formula is C32H33N9O4S. The summed E-state index contributed by atoms with van der Waals surface area (Å²) in [6, 6.07) is 14.3. The van der Waals surface area contributed by atoms with Crippen molar-refractivity contribution in [3.63, 3.8) is 0 Å². The predicted molar refractivity (Wildman–Crippen MR) is 174 cm³/mol. The molecule has 13 nitrogen and oxygen atoms in total. The number of carbonyl (C=O) groups is 2. The van der Waals surface area contributed by atoms with Gasteiger partial charge in [0.15, 0.2) is 17.3 Å². The number of anilines is 1. The van der Waals surface area contributed by atoms with Crippen molar-refractivity contribution in [1.29, 1.82) is 5.26 Å². The van der Waals surface area contributed by atoms with Crippen molar-refractivity contribution in [2.45, 2.75) is 52.4 Å². The summed E-state index contributed by atoms with van der Waals surface area (Å²) in [5, 5.41) is 29.5. The number of azo groups is 1. The summed E-state index contributed by atoms with van der Waals surface area (Å²) in [5.74, 6) is -1.03. The van der Waals surface area contributed by atoms with Crippen molar-refractivity contribution in [2.75, 3.05) is 20.0 Å². The van der Waals surface area contributed by atoms with Crippen molar-refractivity contribution in [3.05, 3.63) is 70.5 Å². The molecule has 14 heteroatoms. The van der Waals surface area contributed by atoms with Gasteiger partial charge in [-0.2, -0.15) is 20.1 Å². The van der Waals surface area contributed by atoms with Gasteiger partial charge in [-0.15, -0.1) is 10.2 Å². The maximum absolute atomic E-state index is 12.5. The van der Waals surface area contributed by atoms with Crippen LogP contribution in [0.3, 0.4) is 0 Å². The number of para-hydroxylation sites is 1. The number of nitrogens with zero attached hydrogens (tertiary/aromatic N) is 8. The molecule has 3 aromatic heterocycles. The molecule has 2 N–H and O–H groups in total. The SMILES string of the molecule is COC(=O)c1cc(C(=O)OC)cc(-n2nc(C(C)(C)C)c(N=Nc3c(C#N)c(C(C)(C)C)nn3-c3nc4ccccc4s3)c2N)c1. The number of nitriles is 1. The number of nitrogens with two attached hydrogens (primary N) is 1. The first-order chi connectivity index (χ1) is 21.7. The van der Waals surface area contributed by atoms with Gasteiger partial charge in [0.2, 0.25) is 5.13 Å². The number of benzene rings is 2. The van der Waals surface area contributed by atoms with Crippen LogP contribution in [-0.2, 0) is 20.3 Å². The number of ether oxygens (including phenoxy) is 2. The van der Waals surface area contributed by atoms with Crippen molar-refractivity contribution >= 4 is 50.8 Å². The molecule has 0 atom stereocenters. The van der Waals surface area contributed by atoms with Crippen LogP contribution in [-0.4, -0.2) is 50.7 Å². The number of hydrogen-bond acceptors (Lipinski definition) is 12. The average Bonchev–Trinajstić information content (AvgIpc) is 3.71. The minimum absolute atomic E-state index is 0.0899. The highest BCUT2D eigenvalue weighted by atomic mass is 32.1. The molecule has 0 saturated carbocycles. The van der Waals surface area contributed by atoms with Crippen LogP contribution in [0.15, 0.2) is 52.7 Å². The number of fused-ring (bicyclic) bond motifs is 1. The van der Waals surface area contributed by atoms with Gasteiger partial charge in [0.05, 0.1) is 52.6 Å². The summed E-state index contributed by atoms with van der Waals surface area (Å²) in [6.07, 6.45) is 0. The summed E-state index contributed by atoms with van der Waals surface area (Å²) in [5.41, 5.74) is 8.44. The fraction of sp³-hybridized carbons (Fsp3) is 0.312. The van der Waals surface area contributed by atoms with Gasteiger partial charge in [-0.05, 0) is 30.3 Å². The van der Waals surface area contributed by atoms with E-state index >= 15 is 0 Å². The highest BCUT2D eigenvalue weighted by molar-refractivity contribution is 7.20. The maximum atomic E-state index is 12.5. The Labute approximate surface area is 269 Å². The minimum Gasteiger partial charge on any atom is -0.465 e. The lowest BCUT2D eigenvalue weighted by Crippen LogP contribution is -2.14. The molecular weight excluding hydrogens is 606 g/mol. The van der Waals surface area contributed by atoms with E-state index in [0.29, 0.717) is 22.2 Å². The first-order valence-corrected chi connectivity index (χ1v) is 15.0. The van der Waals surface area contributed by atoms with Gasteiger partial charge in [-0.25, -0.2) is 19.3 Å². The van der Waals surface area contributed by atoms with Crippen LogP contribution in [0.2, 0.25) is 0 Å². The van der Waals surface area contributed by atoms with Crippen molar-refractivity contribution in [3.8, 4) is 16.9 Å². The van der Waals surface area contributed by atoms with E-state index in [9.17, 15) is 14.9 Å². The number of methoxy groups -OCH3 is 2. The normalized spacial score (nSPS) is 12.1. The number of nitrogen functional groups attached to an aromatic ring is 1. The topological polar surface area (TPSA) is 176 Å². The average molecular weight is 640 g/mol. The van der Waals surface area contributed by atoms with E-state index in [1.165, 1.54) is 53.1 Å². The number of aromatic nitrogens is 5. The third-order valence-corrected chi connectivity index (χ3v) is 8.01. The summed E-state index contributed by atoms with van der Waals surface area (Å²) < 4.78 is 13.6.